The molecule has 1 aromatic carbocycles. The van der Waals surface area contributed by atoms with Gasteiger partial charge in [0.1, 0.15) is 5.82 Å². The van der Waals surface area contributed by atoms with Crippen LogP contribution in [-0.2, 0) is 4.79 Å². The lowest BCUT2D eigenvalue weighted by molar-refractivity contribution is -0.121. The number of carbonyl (C=O) groups is 1. The van der Waals surface area contributed by atoms with Crippen molar-refractivity contribution < 1.29 is 4.79 Å². The lowest BCUT2D eigenvalue weighted by atomic mass is 9.94. The smallest absolute Gasteiger partial charge is 0.210 e. The van der Waals surface area contributed by atoms with E-state index in [-0.39, 0.29) is 6.04 Å². The van der Waals surface area contributed by atoms with E-state index in [4.69, 9.17) is 4.98 Å². The fourth-order valence-electron chi connectivity index (χ4n) is 4.55. The third-order valence-corrected chi connectivity index (χ3v) is 6.42. The predicted octanol–water partition coefficient (Wildman–Crippen LogP) is 3.96. The Kier molecular flexibility index (Phi) is 6.14. The van der Waals surface area contributed by atoms with Crippen LogP contribution in [0.5, 0.6) is 0 Å². The molecular weight excluding hydrogens is 360 g/mol. The lowest BCUT2D eigenvalue weighted by Crippen LogP contribution is -2.49. The number of piperidine rings is 1. The molecule has 1 unspecified atom stereocenters. The van der Waals surface area contributed by atoms with Crippen molar-refractivity contribution in [1.82, 2.24) is 14.8 Å². The zero-order chi connectivity index (χ0) is 20.2. The van der Waals surface area contributed by atoms with Crippen molar-refractivity contribution in [3.63, 3.8) is 0 Å². The number of aromatic nitrogens is 1. The molecule has 5 nitrogen and oxygen atoms in total. The minimum Gasteiger partial charge on any atom is -0.354 e. The van der Waals surface area contributed by atoms with Crippen LogP contribution in [0.3, 0.4) is 0 Å². The number of pyridine rings is 1. The average molecular weight is 393 g/mol. The van der Waals surface area contributed by atoms with Gasteiger partial charge in [0.05, 0.1) is 6.04 Å². The van der Waals surface area contributed by atoms with Crippen LogP contribution in [-0.4, -0.2) is 60.0 Å². The molecule has 0 radical (unpaired) electrons. The number of hydrogen-bond acceptors (Lipinski definition) is 4. The molecule has 2 saturated heterocycles. The SMILES string of the molecule is CC(C)N1CCN(c2ccc(-c3ccc(C4CCCCN4C=O)cc3)cn2)CC1. The molecule has 0 spiro atoms. The number of likely N-dealkylation sites (tertiary alicyclic amines) is 1. The molecule has 4 rings (SSSR count). The largest absolute Gasteiger partial charge is 0.354 e. The molecule has 0 saturated carbocycles. The van der Waals surface area contributed by atoms with E-state index in [9.17, 15) is 4.79 Å². The van der Waals surface area contributed by atoms with E-state index in [1.807, 2.05) is 11.1 Å². The maximum absolute atomic E-state index is 11.4. The molecule has 0 N–H and O–H groups in total. The number of carbonyl (C=O) groups excluding carboxylic acids is 1. The molecule has 2 aromatic rings. The topological polar surface area (TPSA) is 39.7 Å². The Morgan fingerprint density at radius 3 is 2.28 bits per heavy atom. The molecule has 2 aliphatic heterocycles. The van der Waals surface area contributed by atoms with Gasteiger partial charge in [-0.05, 0) is 56.4 Å². The molecule has 2 aliphatic rings. The van der Waals surface area contributed by atoms with Crippen LogP contribution < -0.4 is 4.90 Å². The van der Waals surface area contributed by atoms with Crippen LogP contribution >= 0.6 is 0 Å². The first-order valence-corrected chi connectivity index (χ1v) is 10.9. The lowest BCUT2D eigenvalue weighted by Gasteiger charge is -2.37. The average Bonchev–Trinajstić information content (AvgIpc) is 2.79. The van der Waals surface area contributed by atoms with Crippen molar-refractivity contribution in [2.24, 2.45) is 0 Å². The predicted molar refractivity (Wildman–Crippen MR) is 118 cm³/mol. The van der Waals surface area contributed by atoms with Crippen molar-refractivity contribution >= 4 is 12.2 Å². The first-order chi connectivity index (χ1) is 14.2. The van der Waals surface area contributed by atoms with Gasteiger partial charge in [0.15, 0.2) is 0 Å². The molecular formula is C24H32N4O. The first kappa shape index (κ1) is 19.9. The van der Waals surface area contributed by atoms with E-state index < -0.39 is 0 Å². The molecule has 0 aliphatic carbocycles. The van der Waals surface area contributed by atoms with E-state index in [2.05, 4.69) is 60.0 Å². The van der Waals surface area contributed by atoms with Gasteiger partial charge in [-0.25, -0.2) is 4.98 Å². The molecule has 0 bridgehead atoms. The third kappa shape index (κ3) is 4.45. The Morgan fingerprint density at radius 2 is 1.66 bits per heavy atom. The van der Waals surface area contributed by atoms with Gasteiger partial charge in [-0.15, -0.1) is 0 Å². The molecule has 1 atom stereocenters. The molecule has 1 aromatic heterocycles. The van der Waals surface area contributed by atoms with Crippen LogP contribution in [0.2, 0.25) is 0 Å². The summed E-state index contributed by atoms with van der Waals surface area (Å²) in [6.45, 7) is 9.66. The Labute approximate surface area is 174 Å². The number of hydrogen-bond donors (Lipinski definition) is 0. The highest BCUT2D eigenvalue weighted by atomic mass is 16.1. The van der Waals surface area contributed by atoms with Crippen LogP contribution in [0.1, 0.15) is 44.7 Å². The van der Waals surface area contributed by atoms with Crippen LogP contribution in [0.25, 0.3) is 11.1 Å². The van der Waals surface area contributed by atoms with E-state index in [0.29, 0.717) is 6.04 Å². The fourth-order valence-corrected chi connectivity index (χ4v) is 4.55. The maximum Gasteiger partial charge on any atom is 0.210 e. The minimum absolute atomic E-state index is 0.223. The number of nitrogens with zero attached hydrogens (tertiary/aromatic N) is 4. The summed E-state index contributed by atoms with van der Waals surface area (Å²) in [4.78, 5) is 22.9. The van der Waals surface area contributed by atoms with Gasteiger partial charge in [0.2, 0.25) is 6.41 Å². The highest BCUT2D eigenvalue weighted by Gasteiger charge is 2.22. The van der Waals surface area contributed by atoms with E-state index in [0.717, 1.165) is 63.4 Å². The monoisotopic (exact) mass is 392 g/mol. The summed E-state index contributed by atoms with van der Waals surface area (Å²) in [7, 11) is 0. The van der Waals surface area contributed by atoms with Crippen molar-refractivity contribution in [1.29, 1.82) is 0 Å². The Hall–Kier alpha value is -2.40. The molecule has 5 heteroatoms. The van der Waals surface area contributed by atoms with Gasteiger partial charge in [-0.2, -0.15) is 0 Å². The van der Waals surface area contributed by atoms with Gasteiger partial charge in [0, 0.05) is 50.5 Å². The van der Waals surface area contributed by atoms with Gasteiger partial charge in [-0.3, -0.25) is 9.69 Å². The summed E-state index contributed by atoms with van der Waals surface area (Å²) in [5.74, 6) is 1.07. The molecule has 154 valence electrons. The summed E-state index contributed by atoms with van der Waals surface area (Å²) < 4.78 is 0. The number of rotatable bonds is 5. The summed E-state index contributed by atoms with van der Waals surface area (Å²) in [5, 5.41) is 0. The molecule has 3 heterocycles. The van der Waals surface area contributed by atoms with Crippen molar-refractivity contribution in [2.75, 3.05) is 37.6 Å². The van der Waals surface area contributed by atoms with E-state index >= 15 is 0 Å². The van der Waals surface area contributed by atoms with Gasteiger partial charge < -0.3 is 9.80 Å². The second-order valence-corrected chi connectivity index (χ2v) is 8.50. The number of piperazine rings is 1. The standard InChI is InChI=1S/C24H32N4O/c1-19(2)26-13-15-27(16-14-26)24-11-10-22(17-25-24)20-6-8-21(9-7-20)23-5-3-4-12-28(23)18-29/h6-11,17-19,23H,3-5,12-16H2,1-2H3. The van der Waals surface area contributed by atoms with E-state index in [1.54, 1.807) is 0 Å². The number of benzene rings is 1. The normalized spacial score (nSPS) is 20.9. The van der Waals surface area contributed by atoms with Crippen LogP contribution in [0.15, 0.2) is 42.6 Å². The quantitative estimate of drug-likeness (QED) is 0.722. The second-order valence-electron chi connectivity index (χ2n) is 8.50. The van der Waals surface area contributed by atoms with Crippen molar-refractivity contribution in [2.45, 2.75) is 45.2 Å². The Morgan fingerprint density at radius 1 is 0.931 bits per heavy atom. The number of amides is 1. The maximum atomic E-state index is 11.4. The van der Waals surface area contributed by atoms with Crippen LogP contribution in [0, 0.1) is 0 Å². The van der Waals surface area contributed by atoms with E-state index in [1.165, 1.54) is 17.5 Å². The highest BCUT2D eigenvalue weighted by Crippen LogP contribution is 2.31. The number of anilines is 1. The van der Waals surface area contributed by atoms with Crippen molar-refractivity contribution in [3.8, 4) is 11.1 Å². The van der Waals surface area contributed by atoms with Gasteiger partial charge >= 0.3 is 0 Å². The first-order valence-electron chi connectivity index (χ1n) is 10.9. The third-order valence-electron chi connectivity index (χ3n) is 6.42. The summed E-state index contributed by atoms with van der Waals surface area (Å²) in [5.41, 5.74) is 3.54. The summed E-state index contributed by atoms with van der Waals surface area (Å²) >= 11 is 0. The minimum atomic E-state index is 0.223. The van der Waals surface area contributed by atoms with Gasteiger partial charge in [-0.1, -0.05) is 24.3 Å². The second kappa shape index (κ2) is 8.95. The fraction of sp³-hybridized carbons (Fsp3) is 0.500. The molecule has 1 amide bonds. The Bertz CT molecular complexity index is 795. The van der Waals surface area contributed by atoms with Crippen LogP contribution in [0.4, 0.5) is 5.82 Å². The molecule has 29 heavy (non-hydrogen) atoms. The van der Waals surface area contributed by atoms with Gasteiger partial charge in [0.25, 0.3) is 0 Å². The molecule has 2 fully saturated rings. The zero-order valence-corrected chi connectivity index (χ0v) is 17.6. The zero-order valence-electron chi connectivity index (χ0n) is 17.6. The summed E-state index contributed by atoms with van der Waals surface area (Å²) in [6.07, 6.45) is 6.34. The Balaban J connectivity index is 1.42. The summed E-state index contributed by atoms with van der Waals surface area (Å²) in [6, 6.07) is 13.8. The van der Waals surface area contributed by atoms with Crippen molar-refractivity contribution in [3.05, 3.63) is 48.2 Å². The highest BCUT2D eigenvalue weighted by molar-refractivity contribution is 5.64.